The van der Waals surface area contributed by atoms with Gasteiger partial charge in [-0.2, -0.15) is 0 Å². The van der Waals surface area contributed by atoms with Crippen LogP contribution in [0.4, 0.5) is 5.69 Å². The molecule has 0 aliphatic heterocycles. The Balaban J connectivity index is 2.69. The van der Waals surface area contributed by atoms with E-state index >= 15 is 0 Å². The molecule has 2 N–H and O–H groups in total. The van der Waals surface area contributed by atoms with Crippen LogP contribution in [-0.2, 0) is 0 Å². The first kappa shape index (κ1) is 9.18. The van der Waals surface area contributed by atoms with Crippen molar-refractivity contribution in [3.8, 4) is 0 Å². The van der Waals surface area contributed by atoms with E-state index in [-0.39, 0.29) is 12.2 Å². The molecule has 4 heteroatoms. The lowest BCUT2D eigenvalue weighted by Crippen LogP contribution is -2.11. The van der Waals surface area contributed by atoms with E-state index in [9.17, 15) is 4.79 Å². The highest BCUT2D eigenvalue weighted by atomic mass is 32.1. The van der Waals surface area contributed by atoms with E-state index in [2.05, 4.69) is 5.32 Å². The molecule has 0 atom stereocenters. The predicted octanol–water partition coefficient (Wildman–Crippen LogP) is 1.62. The number of fused-ring (bicyclic) bond motifs is 1. The van der Waals surface area contributed by atoms with Crippen LogP contribution in [0.1, 0.15) is 0 Å². The Labute approximate surface area is 84.6 Å². The second-order valence-corrected chi connectivity index (χ2v) is 3.72. The number of nitrogens with one attached hydrogen (secondary N) is 1. The summed E-state index contributed by atoms with van der Waals surface area (Å²) in [7, 11) is 0. The first-order chi connectivity index (χ1) is 6.83. The maximum atomic E-state index is 11.8. The number of hydrogen-bond acceptors (Lipinski definition) is 4. The molecule has 14 heavy (non-hydrogen) atoms. The zero-order chi connectivity index (χ0) is 9.97. The van der Waals surface area contributed by atoms with Gasteiger partial charge in [-0.15, -0.1) is 11.3 Å². The molecular weight excluding hydrogens is 198 g/mol. The Kier molecular flexibility index (Phi) is 2.47. The van der Waals surface area contributed by atoms with Crippen molar-refractivity contribution >= 4 is 27.1 Å². The van der Waals surface area contributed by atoms with Crippen LogP contribution in [0.3, 0.4) is 0 Å². The second kappa shape index (κ2) is 3.77. The lowest BCUT2D eigenvalue weighted by atomic mass is 10.2. The van der Waals surface area contributed by atoms with Crippen LogP contribution in [0, 0.1) is 0 Å². The Morgan fingerprint density at radius 2 is 2.14 bits per heavy atom. The Bertz CT molecular complexity index is 507. The van der Waals surface area contributed by atoms with E-state index in [1.165, 1.54) is 11.3 Å². The van der Waals surface area contributed by atoms with E-state index in [1.54, 1.807) is 11.4 Å². The molecule has 72 valence electrons. The van der Waals surface area contributed by atoms with Crippen molar-refractivity contribution in [2.24, 2.45) is 0 Å². The van der Waals surface area contributed by atoms with Crippen molar-refractivity contribution in [2.45, 2.75) is 0 Å². The standard InChI is InChI=1S/C10H9NO2S/c12-6-11-8-5-14-9-4-2-1-3-7(9)10(8)13/h1-5,11-12H,6H2. The summed E-state index contributed by atoms with van der Waals surface area (Å²) in [5, 5.41) is 13.7. The fourth-order valence-corrected chi connectivity index (χ4v) is 2.17. The van der Waals surface area contributed by atoms with Crippen LogP contribution in [-0.4, -0.2) is 11.8 Å². The molecule has 2 aromatic rings. The molecule has 0 amide bonds. The van der Waals surface area contributed by atoms with Gasteiger partial charge in [0.05, 0.1) is 5.69 Å². The monoisotopic (exact) mass is 207 g/mol. The van der Waals surface area contributed by atoms with Gasteiger partial charge in [-0.25, -0.2) is 0 Å². The number of anilines is 1. The van der Waals surface area contributed by atoms with Crippen molar-refractivity contribution in [3.05, 3.63) is 39.9 Å². The molecule has 0 spiro atoms. The minimum atomic E-state index is -0.222. The van der Waals surface area contributed by atoms with E-state index in [1.807, 2.05) is 18.2 Å². The van der Waals surface area contributed by atoms with Crippen LogP contribution < -0.4 is 10.7 Å². The van der Waals surface area contributed by atoms with Gasteiger partial charge in [0, 0.05) is 15.5 Å². The van der Waals surface area contributed by atoms with Gasteiger partial charge < -0.3 is 10.4 Å². The molecule has 0 radical (unpaired) electrons. The second-order valence-electron chi connectivity index (χ2n) is 2.81. The molecule has 0 bridgehead atoms. The third kappa shape index (κ3) is 1.49. The summed E-state index contributed by atoms with van der Waals surface area (Å²) in [4.78, 5) is 11.8. The maximum Gasteiger partial charge on any atom is 0.211 e. The summed E-state index contributed by atoms with van der Waals surface area (Å²) in [6, 6.07) is 7.43. The fraction of sp³-hybridized carbons (Fsp3) is 0.100. The summed E-state index contributed by atoms with van der Waals surface area (Å²) in [6.45, 7) is -0.222. The van der Waals surface area contributed by atoms with Crippen molar-refractivity contribution in [1.82, 2.24) is 0 Å². The molecule has 0 saturated heterocycles. The minimum Gasteiger partial charge on any atom is -0.377 e. The van der Waals surface area contributed by atoms with Crippen molar-refractivity contribution in [3.63, 3.8) is 0 Å². The van der Waals surface area contributed by atoms with Gasteiger partial charge in [0.2, 0.25) is 5.43 Å². The molecular formula is C10H9NO2S. The molecule has 1 heterocycles. The van der Waals surface area contributed by atoms with Gasteiger partial charge in [-0.05, 0) is 12.1 Å². The number of hydrogen-bond donors (Lipinski definition) is 2. The first-order valence-electron chi connectivity index (χ1n) is 4.18. The SMILES string of the molecule is O=c1c(NCO)csc2ccccc12. The third-order valence-electron chi connectivity index (χ3n) is 1.95. The van der Waals surface area contributed by atoms with Gasteiger partial charge in [0.25, 0.3) is 0 Å². The number of benzene rings is 1. The van der Waals surface area contributed by atoms with Crippen molar-refractivity contribution in [1.29, 1.82) is 0 Å². The van der Waals surface area contributed by atoms with Crippen LogP contribution in [0.2, 0.25) is 0 Å². The molecule has 0 saturated carbocycles. The van der Waals surface area contributed by atoms with Gasteiger partial charge in [-0.3, -0.25) is 4.79 Å². The minimum absolute atomic E-state index is 0.0617. The van der Waals surface area contributed by atoms with Gasteiger partial charge in [-0.1, -0.05) is 12.1 Å². The Hall–Kier alpha value is -1.39. The molecule has 1 aromatic carbocycles. The van der Waals surface area contributed by atoms with Crippen LogP contribution in [0.5, 0.6) is 0 Å². The Morgan fingerprint density at radius 1 is 1.36 bits per heavy atom. The molecule has 0 unspecified atom stereocenters. The van der Waals surface area contributed by atoms with Crippen molar-refractivity contribution < 1.29 is 5.11 Å². The van der Waals surface area contributed by atoms with Crippen LogP contribution >= 0.6 is 11.3 Å². The van der Waals surface area contributed by atoms with Crippen LogP contribution in [0.25, 0.3) is 10.1 Å². The first-order valence-corrected chi connectivity index (χ1v) is 5.06. The summed E-state index contributed by atoms with van der Waals surface area (Å²) in [5.41, 5.74) is 0.393. The molecule has 3 nitrogen and oxygen atoms in total. The van der Waals surface area contributed by atoms with Gasteiger partial charge in [0.15, 0.2) is 0 Å². The van der Waals surface area contributed by atoms with Gasteiger partial charge in [0.1, 0.15) is 6.73 Å². The van der Waals surface area contributed by atoms with E-state index < -0.39 is 0 Å². The molecule has 2 rings (SSSR count). The van der Waals surface area contributed by atoms with E-state index in [0.29, 0.717) is 11.1 Å². The summed E-state index contributed by atoms with van der Waals surface area (Å²) in [6.07, 6.45) is 0. The summed E-state index contributed by atoms with van der Waals surface area (Å²) >= 11 is 1.48. The van der Waals surface area contributed by atoms with Gasteiger partial charge >= 0.3 is 0 Å². The van der Waals surface area contributed by atoms with Crippen LogP contribution in [0.15, 0.2) is 34.4 Å². The average Bonchev–Trinajstić information content (AvgIpc) is 2.23. The highest BCUT2D eigenvalue weighted by Crippen LogP contribution is 2.18. The number of rotatable bonds is 2. The third-order valence-corrected chi connectivity index (χ3v) is 2.91. The smallest absolute Gasteiger partial charge is 0.211 e. The molecule has 0 fully saturated rings. The summed E-state index contributed by atoms with van der Waals surface area (Å²) in [5.74, 6) is 0. The highest BCUT2D eigenvalue weighted by molar-refractivity contribution is 7.16. The molecule has 1 aromatic heterocycles. The number of aliphatic hydroxyl groups is 1. The molecule has 0 aliphatic carbocycles. The topological polar surface area (TPSA) is 49.3 Å². The maximum absolute atomic E-state index is 11.8. The lowest BCUT2D eigenvalue weighted by molar-refractivity contribution is 0.325. The summed E-state index contributed by atoms with van der Waals surface area (Å²) < 4.78 is 0.959. The van der Waals surface area contributed by atoms with E-state index in [0.717, 1.165) is 4.70 Å². The normalized spacial score (nSPS) is 10.4. The largest absolute Gasteiger partial charge is 0.377 e. The fourth-order valence-electron chi connectivity index (χ4n) is 1.29. The average molecular weight is 207 g/mol. The predicted molar refractivity (Wildman–Crippen MR) is 58.8 cm³/mol. The zero-order valence-corrected chi connectivity index (χ0v) is 8.17. The number of aliphatic hydroxyl groups excluding tert-OH is 1. The zero-order valence-electron chi connectivity index (χ0n) is 7.36. The highest BCUT2D eigenvalue weighted by Gasteiger charge is 2.02. The quantitative estimate of drug-likeness (QED) is 0.736. The lowest BCUT2D eigenvalue weighted by Gasteiger charge is -2.01. The molecule has 0 aliphatic rings. The van der Waals surface area contributed by atoms with Crippen molar-refractivity contribution in [2.75, 3.05) is 12.0 Å². The Morgan fingerprint density at radius 3 is 2.93 bits per heavy atom. The van der Waals surface area contributed by atoms with E-state index in [4.69, 9.17) is 5.11 Å².